The van der Waals surface area contributed by atoms with Crippen LogP contribution in [0, 0.1) is 16.7 Å². The normalized spacial score (nSPS) is 21.8. The summed E-state index contributed by atoms with van der Waals surface area (Å²) >= 11 is 0. The first-order valence-corrected chi connectivity index (χ1v) is 10.6. The number of nitriles is 1. The van der Waals surface area contributed by atoms with Gasteiger partial charge in [0.2, 0.25) is 0 Å². The van der Waals surface area contributed by atoms with Crippen molar-refractivity contribution in [3.8, 4) is 6.07 Å². The van der Waals surface area contributed by atoms with Gasteiger partial charge in [0, 0.05) is 42.8 Å². The molecule has 0 N–H and O–H groups in total. The highest BCUT2D eigenvalue weighted by Crippen LogP contribution is 2.57. The Bertz CT molecular complexity index is 1030. The molecule has 1 aliphatic heterocycles. The fourth-order valence-corrected chi connectivity index (χ4v) is 4.80. The number of hydrogen-bond donors (Lipinski definition) is 0. The van der Waals surface area contributed by atoms with E-state index in [1.807, 2.05) is 53.2 Å². The van der Waals surface area contributed by atoms with Crippen LogP contribution in [0.2, 0.25) is 0 Å². The predicted octanol–water partition coefficient (Wildman–Crippen LogP) is 4.69. The second kappa shape index (κ2) is 8.31. The Morgan fingerprint density at radius 2 is 2.00 bits per heavy atom. The van der Waals surface area contributed by atoms with Crippen molar-refractivity contribution in [3.63, 3.8) is 0 Å². The fourth-order valence-electron chi connectivity index (χ4n) is 4.80. The Balaban J connectivity index is 1.62. The van der Waals surface area contributed by atoms with E-state index in [2.05, 4.69) is 13.0 Å². The van der Waals surface area contributed by atoms with Gasteiger partial charge in [0.15, 0.2) is 5.78 Å². The lowest BCUT2D eigenvalue weighted by molar-refractivity contribution is -0.140. The summed E-state index contributed by atoms with van der Waals surface area (Å²) in [5.74, 6) is -0.824. The highest BCUT2D eigenvalue weighted by molar-refractivity contribution is 5.97. The maximum Gasteiger partial charge on any atom is 0.334 e. The first-order chi connectivity index (χ1) is 14.6. The van der Waals surface area contributed by atoms with Gasteiger partial charge in [0.1, 0.15) is 12.0 Å². The molecular formula is C25H26N2O3. The number of carbonyl (C=O) groups is 2. The van der Waals surface area contributed by atoms with Crippen LogP contribution in [-0.4, -0.2) is 16.3 Å². The van der Waals surface area contributed by atoms with E-state index in [-0.39, 0.29) is 24.7 Å². The lowest BCUT2D eigenvalue weighted by Crippen LogP contribution is -2.33. The Labute approximate surface area is 177 Å². The van der Waals surface area contributed by atoms with Gasteiger partial charge in [-0.3, -0.25) is 4.79 Å². The zero-order valence-corrected chi connectivity index (χ0v) is 17.3. The van der Waals surface area contributed by atoms with Crippen LogP contribution in [0.1, 0.15) is 56.2 Å². The summed E-state index contributed by atoms with van der Waals surface area (Å²) in [6.07, 6.45) is 5.21. The minimum absolute atomic E-state index is 0.0542. The smallest absolute Gasteiger partial charge is 0.334 e. The minimum atomic E-state index is -1.21. The van der Waals surface area contributed by atoms with Crippen LogP contribution < -0.4 is 0 Å². The Morgan fingerprint density at radius 1 is 1.20 bits per heavy atom. The predicted molar refractivity (Wildman–Crippen MR) is 112 cm³/mol. The van der Waals surface area contributed by atoms with Gasteiger partial charge in [-0.25, -0.2) is 4.79 Å². The molecular weight excluding hydrogens is 376 g/mol. The summed E-state index contributed by atoms with van der Waals surface area (Å²) in [6.45, 7) is 2.80. The molecule has 5 heteroatoms. The van der Waals surface area contributed by atoms with Crippen LogP contribution in [0.4, 0.5) is 0 Å². The molecule has 2 aliphatic rings. The number of fused-ring (bicyclic) bond motifs is 3. The lowest BCUT2D eigenvalue weighted by atomic mass is 9.71. The number of ether oxygens (including phenoxy) is 1. The molecule has 0 spiro atoms. The number of carbonyl (C=O) groups excluding carboxylic acids is 2. The summed E-state index contributed by atoms with van der Waals surface area (Å²) in [6, 6.07) is 15.8. The second-order valence-corrected chi connectivity index (χ2v) is 8.20. The number of hydrogen-bond acceptors (Lipinski definition) is 4. The first kappa shape index (κ1) is 20.2. The van der Waals surface area contributed by atoms with Crippen molar-refractivity contribution in [1.82, 2.24) is 4.57 Å². The van der Waals surface area contributed by atoms with Crippen LogP contribution >= 0.6 is 0 Å². The van der Waals surface area contributed by atoms with Crippen LogP contribution in [0.5, 0.6) is 0 Å². The Kier molecular flexibility index (Phi) is 5.59. The van der Waals surface area contributed by atoms with Gasteiger partial charge in [0.05, 0.1) is 6.07 Å². The SMILES string of the molecule is CCCCCC(=O)[C@@]1(C#N)CC(C(=O)OCc2ccccc2)=C2Cn3cccc3[C@@H]21. The number of esters is 1. The van der Waals surface area contributed by atoms with Crippen LogP contribution in [0.15, 0.2) is 59.8 Å². The van der Waals surface area contributed by atoms with E-state index in [1.54, 1.807) is 0 Å². The standard InChI is InChI=1S/C25H26N2O3/c1-2-3-5-12-22(28)25(17-26)14-19(20-15-27-13-8-11-21(27)23(20)25)24(29)30-16-18-9-6-4-7-10-18/h4,6-11,13,23H,2-3,5,12,14-16H2,1H3/t23-,25+/m1/s1. The molecule has 4 rings (SSSR count). The maximum absolute atomic E-state index is 13.3. The van der Waals surface area contributed by atoms with Gasteiger partial charge >= 0.3 is 5.97 Å². The number of allylic oxidation sites excluding steroid dienone is 1. The largest absolute Gasteiger partial charge is 0.457 e. The number of rotatable bonds is 8. The van der Waals surface area contributed by atoms with Crippen molar-refractivity contribution >= 4 is 11.8 Å². The quantitative estimate of drug-likeness (QED) is 0.474. The molecule has 1 aromatic heterocycles. The molecule has 1 aliphatic carbocycles. The zero-order chi connectivity index (χ0) is 21.1. The topological polar surface area (TPSA) is 72.1 Å². The summed E-state index contributed by atoms with van der Waals surface area (Å²) in [5.41, 5.74) is 2.02. The minimum Gasteiger partial charge on any atom is -0.457 e. The number of Topliss-reactive ketones (excluding diaryl/α,β-unsaturated/α-hetero) is 1. The molecule has 5 nitrogen and oxygen atoms in total. The summed E-state index contributed by atoms with van der Waals surface area (Å²) in [5, 5.41) is 10.2. The molecule has 0 bridgehead atoms. The molecule has 0 fully saturated rings. The molecule has 0 unspecified atom stereocenters. The molecule has 0 radical (unpaired) electrons. The van der Waals surface area contributed by atoms with E-state index in [0.29, 0.717) is 18.5 Å². The molecule has 154 valence electrons. The Hall–Kier alpha value is -3.13. The molecule has 2 atom stereocenters. The number of nitrogens with zero attached hydrogens (tertiary/aromatic N) is 2. The number of benzene rings is 1. The molecule has 0 saturated heterocycles. The molecule has 30 heavy (non-hydrogen) atoms. The molecule has 2 heterocycles. The average molecular weight is 402 g/mol. The van der Waals surface area contributed by atoms with Crippen molar-refractivity contribution in [2.24, 2.45) is 5.41 Å². The van der Waals surface area contributed by atoms with Crippen molar-refractivity contribution < 1.29 is 14.3 Å². The third kappa shape index (κ3) is 3.37. The maximum atomic E-state index is 13.3. The third-order valence-electron chi connectivity index (χ3n) is 6.35. The van der Waals surface area contributed by atoms with Gasteiger partial charge in [-0.2, -0.15) is 5.26 Å². The van der Waals surface area contributed by atoms with Crippen molar-refractivity contribution in [2.75, 3.05) is 0 Å². The molecule has 1 aromatic carbocycles. The van der Waals surface area contributed by atoms with E-state index in [1.165, 1.54) is 0 Å². The van der Waals surface area contributed by atoms with Gasteiger partial charge in [-0.1, -0.05) is 50.1 Å². The molecule has 2 aromatic rings. The van der Waals surface area contributed by atoms with Gasteiger partial charge in [0.25, 0.3) is 0 Å². The summed E-state index contributed by atoms with van der Waals surface area (Å²) in [7, 11) is 0. The van der Waals surface area contributed by atoms with Gasteiger partial charge < -0.3 is 9.30 Å². The average Bonchev–Trinajstić information content (AvgIpc) is 3.44. The van der Waals surface area contributed by atoms with E-state index < -0.39 is 11.4 Å². The van der Waals surface area contributed by atoms with E-state index in [9.17, 15) is 14.9 Å². The van der Waals surface area contributed by atoms with E-state index in [4.69, 9.17) is 4.74 Å². The third-order valence-corrected chi connectivity index (χ3v) is 6.35. The van der Waals surface area contributed by atoms with Crippen molar-refractivity contribution in [3.05, 3.63) is 71.1 Å². The van der Waals surface area contributed by atoms with Crippen LogP contribution in [0.3, 0.4) is 0 Å². The zero-order valence-electron chi connectivity index (χ0n) is 17.3. The lowest BCUT2D eigenvalue weighted by Gasteiger charge is -2.26. The van der Waals surface area contributed by atoms with Crippen molar-refractivity contribution in [2.45, 2.75) is 58.1 Å². The number of aromatic nitrogens is 1. The van der Waals surface area contributed by atoms with Gasteiger partial charge in [-0.05, 0) is 29.7 Å². The molecule has 0 amide bonds. The van der Waals surface area contributed by atoms with Crippen molar-refractivity contribution in [1.29, 1.82) is 5.26 Å². The summed E-state index contributed by atoms with van der Waals surface area (Å²) < 4.78 is 7.62. The highest BCUT2D eigenvalue weighted by atomic mass is 16.5. The Morgan fingerprint density at radius 3 is 2.73 bits per heavy atom. The van der Waals surface area contributed by atoms with E-state index >= 15 is 0 Å². The van der Waals surface area contributed by atoms with Gasteiger partial charge in [-0.15, -0.1) is 0 Å². The first-order valence-electron chi connectivity index (χ1n) is 10.6. The molecule has 0 saturated carbocycles. The summed E-state index contributed by atoms with van der Waals surface area (Å²) in [4.78, 5) is 26.3. The van der Waals surface area contributed by atoms with Crippen LogP contribution in [-0.2, 0) is 27.5 Å². The highest BCUT2D eigenvalue weighted by Gasteiger charge is 2.57. The number of unbranched alkanes of at least 4 members (excludes halogenated alkanes) is 2. The van der Waals surface area contributed by atoms with E-state index in [0.717, 1.165) is 36.1 Å². The second-order valence-electron chi connectivity index (χ2n) is 8.20. The fraction of sp³-hybridized carbons (Fsp3) is 0.400. The monoisotopic (exact) mass is 402 g/mol. The van der Waals surface area contributed by atoms with Crippen LogP contribution in [0.25, 0.3) is 0 Å². The number of ketones is 1.